The van der Waals surface area contributed by atoms with E-state index in [2.05, 4.69) is 10.2 Å². The number of carboxylic acid groups (broad SMARTS) is 1. The molecule has 1 heterocycles. The molecule has 1 aliphatic heterocycles. The maximum absolute atomic E-state index is 11.0. The minimum absolute atomic E-state index is 0.120. The van der Waals surface area contributed by atoms with Crippen LogP contribution in [-0.4, -0.2) is 30.0 Å². The zero-order chi connectivity index (χ0) is 14.2. The van der Waals surface area contributed by atoms with Gasteiger partial charge in [0.25, 0.3) is 16.0 Å². The molecule has 8 nitrogen and oxygen atoms in total. The van der Waals surface area contributed by atoms with Crippen LogP contribution in [0.1, 0.15) is 15.9 Å². The van der Waals surface area contributed by atoms with Crippen LogP contribution in [0.2, 0.25) is 0 Å². The molecule has 2 N–H and O–H groups in total. The molecule has 0 fully saturated rings. The summed E-state index contributed by atoms with van der Waals surface area (Å²) in [5, 5.41) is 15.7. The van der Waals surface area contributed by atoms with Crippen molar-refractivity contribution in [3.05, 3.63) is 35.4 Å². The minimum atomic E-state index is -4.65. The van der Waals surface area contributed by atoms with E-state index in [1.807, 2.05) is 0 Å². The van der Waals surface area contributed by atoms with Crippen molar-refractivity contribution < 1.29 is 27.7 Å². The molecule has 0 unspecified atom stereocenters. The number of carboxylic acids is 1. The molecule has 1 aromatic carbocycles. The van der Waals surface area contributed by atoms with E-state index in [0.717, 1.165) is 18.2 Å². The Labute approximate surface area is 106 Å². The van der Waals surface area contributed by atoms with Crippen LogP contribution in [0.3, 0.4) is 0 Å². The van der Waals surface area contributed by atoms with E-state index in [9.17, 15) is 18.0 Å². The van der Waals surface area contributed by atoms with Crippen LogP contribution in [0.25, 0.3) is 5.70 Å². The average molecular weight is 282 g/mol. The van der Waals surface area contributed by atoms with Gasteiger partial charge in [0.2, 0.25) is 0 Å². The first kappa shape index (κ1) is 13.1. The van der Waals surface area contributed by atoms with Gasteiger partial charge in [-0.1, -0.05) is 6.07 Å². The summed E-state index contributed by atoms with van der Waals surface area (Å²) in [5.74, 6) is -2.12. The first-order chi connectivity index (χ1) is 8.79. The second-order valence-electron chi connectivity index (χ2n) is 3.56. The number of benzene rings is 1. The van der Waals surface area contributed by atoms with E-state index in [1.165, 1.54) is 6.07 Å². The lowest BCUT2D eigenvalue weighted by molar-refractivity contribution is -0.113. The van der Waals surface area contributed by atoms with Gasteiger partial charge in [-0.15, -0.1) is 10.2 Å². The fourth-order valence-electron chi connectivity index (χ4n) is 1.50. The van der Waals surface area contributed by atoms with Crippen LogP contribution >= 0.6 is 0 Å². The van der Waals surface area contributed by atoms with Crippen molar-refractivity contribution in [3.63, 3.8) is 0 Å². The van der Waals surface area contributed by atoms with Crippen molar-refractivity contribution in [2.75, 3.05) is 0 Å². The maximum Gasteiger partial charge on any atom is 0.337 e. The summed E-state index contributed by atoms with van der Waals surface area (Å²) in [6.45, 7) is 0. The summed E-state index contributed by atoms with van der Waals surface area (Å²) in [6.07, 6.45) is 1.08. The van der Waals surface area contributed by atoms with Gasteiger partial charge in [-0.25, -0.2) is 4.79 Å². The Hall–Kier alpha value is -2.39. The van der Waals surface area contributed by atoms with Gasteiger partial charge in [0.15, 0.2) is 0 Å². The average Bonchev–Trinajstić information content (AvgIpc) is 2.74. The van der Waals surface area contributed by atoms with Crippen molar-refractivity contribution >= 4 is 27.7 Å². The third kappa shape index (κ3) is 2.56. The van der Waals surface area contributed by atoms with Crippen LogP contribution in [0, 0.1) is 0 Å². The highest BCUT2D eigenvalue weighted by Gasteiger charge is 2.22. The van der Waals surface area contributed by atoms with Crippen molar-refractivity contribution in [1.29, 1.82) is 0 Å². The van der Waals surface area contributed by atoms with Gasteiger partial charge in [-0.3, -0.25) is 9.35 Å². The van der Waals surface area contributed by atoms with Crippen LogP contribution in [-0.2, 0) is 14.9 Å². The predicted molar refractivity (Wildman–Crippen MR) is 61.1 cm³/mol. The number of nitrogens with zero attached hydrogens (tertiary/aromatic N) is 2. The molecule has 0 radical (unpaired) electrons. The molecule has 2 rings (SSSR count). The highest BCUT2D eigenvalue weighted by Crippen LogP contribution is 2.25. The molecule has 0 spiro atoms. The van der Waals surface area contributed by atoms with Crippen LogP contribution < -0.4 is 0 Å². The Morgan fingerprint density at radius 1 is 1.21 bits per heavy atom. The topological polar surface area (TPSA) is 133 Å². The summed E-state index contributed by atoms with van der Waals surface area (Å²) in [6, 6.07) is 3.14. The molecule has 0 saturated heterocycles. The van der Waals surface area contributed by atoms with Gasteiger partial charge >= 0.3 is 5.97 Å². The van der Waals surface area contributed by atoms with Gasteiger partial charge in [0.1, 0.15) is 4.90 Å². The fraction of sp³-hybridized carbons (Fsp3) is 0. The molecular weight excluding hydrogens is 276 g/mol. The zero-order valence-electron chi connectivity index (χ0n) is 9.14. The standard InChI is InChI=1S/C10H6N2O6S/c13-9-4-7(11-12-9)5-1-2-8(19(16,17)18)6(3-5)10(14)15/h1-4H,(H,14,15)(H,16,17,18). The van der Waals surface area contributed by atoms with Crippen molar-refractivity contribution in [1.82, 2.24) is 0 Å². The molecule has 98 valence electrons. The number of carbonyl (C=O) groups is 2. The summed E-state index contributed by atoms with van der Waals surface area (Å²) >= 11 is 0. The van der Waals surface area contributed by atoms with Gasteiger partial charge < -0.3 is 5.11 Å². The molecule has 1 amide bonds. The lowest BCUT2D eigenvalue weighted by atomic mass is 10.1. The Balaban J connectivity index is 2.62. The predicted octanol–water partition coefficient (Wildman–Crippen LogP) is 0.965. The summed E-state index contributed by atoms with van der Waals surface area (Å²) in [4.78, 5) is 21.1. The number of carbonyl (C=O) groups excluding carboxylic acids is 1. The van der Waals surface area contributed by atoms with Crippen molar-refractivity contribution in [2.24, 2.45) is 10.2 Å². The first-order valence-electron chi connectivity index (χ1n) is 4.81. The molecule has 0 saturated carbocycles. The summed E-state index contributed by atoms with van der Waals surface area (Å²) in [5.41, 5.74) is -0.288. The van der Waals surface area contributed by atoms with Crippen LogP contribution in [0.15, 0.2) is 39.4 Å². The monoisotopic (exact) mass is 282 g/mol. The normalized spacial score (nSPS) is 14.6. The number of azo groups is 1. The van der Waals surface area contributed by atoms with Gasteiger partial charge in [0.05, 0.1) is 11.3 Å². The second-order valence-corrected chi connectivity index (χ2v) is 4.95. The molecule has 0 aromatic heterocycles. The molecule has 1 aromatic rings. The maximum atomic E-state index is 11.0. The molecule has 1 aliphatic rings. The third-order valence-electron chi connectivity index (χ3n) is 2.30. The van der Waals surface area contributed by atoms with E-state index < -0.39 is 32.5 Å². The minimum Gasteiger partial charge on any atom is -0.478 e. The number of hydrogen-bond donors (Lipinski definition) is 2. The Morgan fingerprint density at radius 3 is 2.37 bits per heavy atom. The molecule has 9 heteroatoms. The van der Waals surface area contributed by atoms with E-state index in [4.69, 9.17) is 9.66 Å². The molecule has 0 aliphatic carbocycles. The molecule has 0 atom stereocenters. The fourth-order valence-corrected chi connectivity index (χ4v) is 2.16. The van der Waals surface area contributed by atoms with Crippen molar-refractivity contribution in [2.45, 2.75) is 4.90 Å². The second kappa shape index (κ2) is 4.37. The van der Waals surface area contributed by atoms with E-state index >= 15 is 0 Å². The van der Waals surface area contributed by atoms with Crippen LogP contribution in [0.4, 0.5) is 0 Å². The van der Waals surface area contributed by atoms with Gasteiger partial charge in [-0.05, 0) is 12.1 Å². The summed E-state index contributed by atoms with van der Waals surface area (Å²) < 4.78 is 31.0. The number of amides is 1. The Kier molecular flexibility index (Phi) is 3.00. The van der Waals surface area contributed by atoms with Crippen LogP contribution in [0.5, 0.6) is 0 Å². The lowest BCUT2D eigenvalue weighted by Gasteiger charge is -2.05. The third-order valence-corrected chi connectivity index (χ3v) is 3.21. The Morgan fingerprint density at radius 2 is 1.89 bits per heavy atom. The van der Waals surface area contributed by atoms with Gasteiger partial charge in [0, 0.05) is 11.6 Å². The highest BCUT2D eigenvalue weighted by molar-refractivity contribution is 7.86. The number of hydrogen-bond acceptors (Lipinski definition) is 5. The van der Waals surface area contributed by atoms with E-state index in [1.54, 1.807) is 0 Å². The number of aromatic carboxylic acids is 1. The quantitative estimate of drug-likeness (QED) is 0.793. The van der Waals surface area contributed by atoms with E-state index in [0.29, 0.717) is 0 Å². The lowest BCUT2D eigenvalue weighted by Crippen LogP contribution is -2.08. The zero-order valence-corrected chi connectivity index (χ0v) is 9.96. The first-order valence-corrected chi connectivity index (χ1v) is 6.25. The largest absolute Gasteiger partial charge is 0.478 e. The smallest absolute Gasteiger partial charge is 0.337 e. The van der Waals surface area contributed by atoms with E-state index in [-0.39, 0.29) is 11.3 Å². The summed E-state index contributed by atoms with van der Waals surface area (Å²) in [7, 11) is -4.65. The van der Waals surface area contributed by atoms with Gasteiger partial charge in [-0.2, -0.15) is 8.42 Å². The molecule has 19 heavy (non-hydrogen) atoms. The SMILES string of the molecule is O=C1C=C(c2ccc(S(=O)(=O)O)c(C(=O)O)c2)N=N1. The highest BCUT2D eigenvalue weighted by atomic mass is 32.2. The molecular formula is C10H6N2O6S. The molecule has 0 bridgehead atoms. The van der Waals surface area contributed by atoms with Crippen molar-refractivity contribution in [3.8, 4) is 0 Å². The Bertz CT molecular complexity index is 747. The number of rotatable bonds is 3.